The lowest BCUT2D eigenvalue weighted by Crippen LogP contribution is -2.45. The summed E-state index contributed by atoms with van der Waals surface area (Å²) >= 11 is 0. The van der Waals surface area contributed by atoms with E-state index in [4.69, 9.17) is 0 Å². The molecule has 168 valence electrons. The summed E-state index contributed by atoms with van der Waals surface area (Å²) in [6.45, 7) is 5.59. The largest absolute Gasteiger partial charge is 0.388 e. The van der Waals surface area contributed by atoms with Gasteiger partial charge in [-0.2, -0.15) is 0 Å². The van der Waals surface area contributed by atoms with E-state index >= 15 is 0 Å². The molecule has 32 heavy (non-hydrogen) atoms. The number of fused-ring (bicyclic) bond motifs is 2. The van der Waals surface area contributed by atoms with Gasteiger partial charge in [-0.05, 0) is 55.4 Å². The normalized spacial score (nSPS) is 22.2. The molecule has 7 heteroatoms. The van der Waals surface area contributed by atoms with Crippen LogP contribution in [0.5, 0.6) is 0 Å². The monoisotopic (exact) mass is 451 g/mol. The third-order valence-corrected chi connectivity index (χ3v) is 8.65. The summed E-state index contributed by atoms with van der Waals surface area (Å²) in [5, 5.41) is 12.6. The summed E-state index contributed by atoms with van der Waals surface area (Å²) in [5.41, 5.74) is 2.25. The fraction of sp³-hybridized carbons (Fsp3) is 0.360. The lowest BCUT2D eigenvalue weighted by molar-refractivity contribution is 0.155. The second kappa shape index (κ2) is 8.06. The lowest BCUT2D eigenvalue weighted by atomic mass is 9.95. The zero-order valence-corrected chi connectivity index (χ0v) is 19.3. The van der Waals surface area contributed by atoms with Gasteiger partial charge in [0.15, 0.2) is 0 Å². The number of aliphatic hydroxyl groups is 1. The number of benzene rings is 3. The zero-order chi connectivity index (χ0) is 22.5. The predicted molar refractivity (Wildman–Crippen MR) is 129 cm³/mol. The van der Waals surface area contributed by atoms with Gasteiger partial charge in [-0.15, -0.1) is 0 Å². The number of anilines is 2. The van der Waals surface area contributed by atoms with Gasteiger partial charge in [0.25, 0.3) is 10.0 Å². The smallest absolute Gasteiger partial charge is 0.264 e. The zero-order valence-electron chi connectivity index (χ0n) is 18.5. The van der Waals surface area contributed by atoms with Crippen LogP contribution in [0.2, 0.25) is 0 Å². The molecule has 0 amide bonds. The number of nitrogens with zero attached hydrogens (tertiary/aromatic N) is 3. The number of aliphatic hydroxyl groups excluding tert-OH is 1. The molecule has 3 aromatic carbocycles. The van der Waals surface area contributed by atoms with Crippen molar-refractivity contribution < 1.29 is 13.5 Å². The van der Waals surface area contributed by atoms with Crippen LogP contribution < -0.4 is 9.21 Å². The first-order valence-electron chi connectivity index (χ1n) is 11.1. The van der Waals surface area contributed by atoms with Gasteiger partial charge in [-0.25, -0.2) is 8.42 Å². The number of likely N-dealkylation sites (N-methyl/N-ethyl adjacent to an activating group) is 1. The topological polar surface area (TPSA) is 64.1 Å². The van der Waals surface area contributed by atoms with Crippen molar-refractivity contribution in [2.24, 2.45) is 0 Å². The fourth-order valence-corrected chi connectivity index (χ4v) is 6.58. The van der Waals surface area contributed by atoms with Gasteiger partial charge in [0.05, 0.1) is 16.7 Å². The van der Waals surface area contributed by atoms with Crippen LogP contribution in [0.1, 0.15) is 25.0 Å². The minimum atomic E-state index is -3.80. The van der Waals surface area contributed by atoms with Gasteiger partial charge in [0, 0.05) is 43.5 Å². The summed E-state index contributed by atoms with van der Waals surface area (Å²) < 4.78 is 29.2. The van der Waals surface area contributed by atoms with Crippen LogP contribution in [0.3, 0.4) is 0 Å². The van der Waals surface area contributed by atoms with Crippen molar-refractivity contribution in [2.45, 2.75) is 30.4 Å². The molecule has 0 aliphatic carbocycles. The molecule has 6 nitrogen and oxygen atoms in total. The molecule has 1 saturated heterocycles. The molecule has 5 rings (SSSR count). The van der Waals surface area contributed by atoms with Crippen molar-refractivity contribution in [3.63, 3.8) is 0 Å². The number of hydrogen-bond acceptors (Lipinski definition) is 5. The van der Waals surface area contributed by atoms with E-state index in [1.807, 2.05) is 55.5 Å². The first-order chi connectivity index (χ1) is 15.3. The molecule has 2 heterocycles. The second-order valence-corrected chi connectivity index (χ2v) is 10.8. The van der Waals surface area contributed by atoms with Crippen molar-refractivity contribution in [1.82, 2.24) is 4.90 Å². The summed E-state index contributed by atoms with van der Waals surface area (Å²) in [6.07, 6.45) is -0.308. The molecule has 0 saturated carbocycles. The molecule has 0 aromatic heterocycles. The molecule has 0 radical (unpaired) electrons. The Morgan fingerprint density at radius 1 is 0.906 bits per heavy atom. The van der Waals surface area contributed by atoms with E-state index < -0.39 is 16.1 Å². The fourth-order valence-electron chi connectivity index (χ4n) is 4.86. The van der Waals surface area contributed by atoms with Crippen LogP contribution >= 0.6 is 0 Å². The first kappa shape index (κ1) is 21.2. The Morgan fingerprint density at radius 3 is 2.38 bits per heavy atom. The SMILES string of the molecule is CC1CC(O)c2ccc(N3CCN(C)CC3)cc2N1S(=O)(=O)c1ccc2ccccc2c1. The molecule has 0 bridgehead atoms. The van der Waals surface area contributed by atoms with E-state index in [0.29, 0.717) is 17.7 Å². The molecule has 2 unspecified atom stereocenters. The first-order valence-corrected chi connectivity index (χ1v) is 12.6. The molecular formula is C25H29N3O3S. The second-order valence-electron chi connectivity index (χ2n) is 8.94. The Bertz CT molecular complexity index is 1250. The molecular weight excluding hydrogens is 422 g/mol. The van der Waals surface area contributed by atoms with E-state index in [1.165, 1.54) is 4.31 Å². The van der Waals surface area contributed by atoms with Crippen molar-refractivity contribution in [3.05, 3.63) is 66.2 Å². The highest BCUT2D eigenvalue weighted by Crippen LogP contribution is 2.42. The molecule has 1 N–H and O–H groups in total. The summed E-state index contributed by atoms with van der Waals surface area (Å²) in [7, 11) is -1.69. The Hall–Kier alpha value is -2.61. The van der Waals surface area contributed by atoms with Crippen LogP contribution in [-0.4, -0.2) is 57.7 Å². The highest BCUT2D eigenvalue weighted by Gasteiger charge is 2.37. The summed E-state index contributed by atoms with van der Waals surface area (Å²) in [6, 6.07) is 18.5. The lowest BCUT2D eigenvalue weighted by Gasteiger charge is -2.40. The highest BCUT2D eigenvalue weighted by atomic mass is 32.2. The molecule has 0 spiro atoms. The van der Waals surface area contributed by atoms with Gasteiger partial charge in [-0.1, -0.05) is 36.4 Å². The maximum Gasteiger partial charge on any atom is 0.264 e. The van der Waals surface area contributed by atoms with Crippen LogP contribution in [0.25, 0.3) is 10.8 Å². The Kier molecular flexibility index (Phi) is 5.35. The summed E-state index contributed by atoms with van der Waals surface area (Å²) in [5.74, 6) is 0. The van der Waals surface area contributed by atoms with Crippen molar-refractivity contribution in [3.8, 4) is 0 Å². The van der Waals surface area contributed by atoms with Gasteiger partial charge in [0.1, 0.15) is 0 Å². The van der Waals surface area contributed by atoms with E-state index in [0.717, 1.165) is 42.6 Å². The predicted octanol–water partition coefficient (Wildman–Crippen LogP) is 3.61. The Balaban J connectivity index is 1.59. The van der Waals surface area contributed by atoms with E-state index in [2.05, 4.69) is 16.8 Å². The van der Waals surface area contributed by atoms with Gasteiger partial charge < -0.3 is 14.9 Å². The van der Waals surface area contributed by atoms with Gasteiger partial charge in [0.2, 0.25) is 0 Å². The third kappa shape index (κ3) is 3.64. The minimum Gasteiger partial charge on any atom is -0.388 e. The van der Waals surface area contributed by atoms with Crippen LogP contribution in [0, 0.1) is 0 Å². The molecule has 2 atom stereocenters. The highest BCUT2D eigenvalue weighted by molar-refractivity contribution is 7.92. The quantitative estimate of drug-likeness (QED) is 0.659. The Labute approximate surface area is 189 Å². The molecule has 2 aliphatic rings. The van der Waals surface area contributed by atoms with E-state index in [9.17, 15) is 13.5 Å². The Morgan fingerprint density at radius 2 is 1.62 bits per heavy atom. The van der Waals surface area contributed by atoms with Crippen LogP contribution in [0.4, 0.5) is 11.4 Å². The maximum atomic E-state index is 13.9. The number of sulfonamides is 1. The van der Waals surface area contributed by atoms with E-state index in [-0.39, 0.29) is 10.9 Å². The van der Waals surface area contributed by atoms with Crippen molar-refractivity contribution in [2.75, 3.05) is 42.4 Å². The maximum absolute atomic E-state index is 13.9. The van der Waals surface area contributed by atoms with Gasteiger partial charge >= 0.3 is 0 Å². The van der Waals surface area contributed by atoms with Crippen LogP contribution in [0.15, 0.2) is 65.6 Å². The standard InChI is InChI=1S/C25H29N3O3S/c1-18-15-25(29)23-10-8-21(27-13-11-26(2)12-14-27)17-24(23)28(18)32(30,31)22-9-7-19-5-3-4-6-20(19)16-22/h3-10,16-18,25,29H,11-15H2,1-2H3. The minimum absolute atomic E-state index is 0.274. The van der Waals surface area contributed by atoms with Crippen molar-refractivity contribution >= 4 is 32.2 Å². The average Bonchev–Trinajstić information content (AvgIpc) is 2.78. The molecule has 2 aliphatic heterocycles. The van der Waals surface area contributed by atoms with E-state index in [1.54, 1.807) is 12.1 Å². The average molecular weight is 452 g/mol. The summed E-state index contributed by atoms with van der Waals surface area (Å²) in [4.78, 5) is 4.85. The van der Waals surface area contributed by atoms with Gasteiger partial charge in [-0.3, -0.25) is 4.31 Å². The van der Waals surface area contributed by atoms with Crippen molar-refractivity contribution in [1.29, 1.82) is 0 Å². The third-order valence-electron chi connectivity index (χ3n) is 6.72. The molecule has 3 aromatic rings. The van der Waals surface area contributed by atoms with Crippen LogP contribution in [-0.2, 0) is 10.0 Å². The number of piperazine rings is 1. The molecule has 1 fully saturated rings. The number of hydrogen-bond donors (Lipinski definition) is 1. The number of rotatable bonds is 3.